The number of ether oxygens (including phenoxy) is 1. The summed E-state index contributed by atoms with van der Waals surface area (Å²) in [5, 5.41) is 3.20. The first-order valence-electron chi connectivity index (χ1n) is 12.6. The number of amides is 2. The van der Waals surface area contributed by atoms with Gasteiger partial charge in [-0.15, -0.1) is 0 Å². The van der Waals surface area contributed by atoms with Crippen LogP contribution in [0.15, 0.2) is 42.5 Å². The first-order chi connectivity index (χ1) is 17.9. The number of sulfonamides is 1. The van der Waals surface area contributed by atoms with Crippen molar-refractivity contribution in [1.29, 1.82) is 0 Å². The molecule has 0 aliphatic heterocycles. The Hall–Kier alpha value is -2.85. The van der Waals surface area contributed by atoms with Crippen LogP contribution in [0.25, 0.3) is 0 Å². The standard InChI is InChI=1S/C27H37ClFN3O5S/c1-6-19(3)30-27(34)24(7-2)31(18-20-10-12-21(29)13-11-20)26(33)9-8-16-32(38(5,35)36)22-14-15-25(37-4)23(28)17-22/h10-15,17,19,24H,6-9,16,18H2,1-5H3,(H,30,34). The zero-order valence-electron chi connectivity index (χ0n) is 22.5. The minimum absolute atomic E-state index is 0.00418. The summed E-state index contributed by atoms with van der Waals surface area (Å²) in [6.45, 7) is 5.83. The van der Waals surface area contributed by atoms with Crippen molar-refractivity contribution in [3.63, 3.8) is 0 Å². The largest absolute Gasteiger partial charge is 0.495 e. The van der Waals surface area contributed by atoms with Gasteiger partial charge in [0.2, 0.25) is 21.8 Å². The Kier molecular flexibility index (Phi) is 11.8. The van der Waals surface area contributed by atoms with Crippen molar-refractivity contribution in [3.8, 4) is 5.75 Å². The van der Waals surface area contributed by atoms with Crippen molar-refractivity contribution in [2.75, 3.05) is 24.2 Å². The molecule has 1 N–H and O–H groups in total. The molecule has 0 spiro atoms. The number of halogens is 2. The lowest BCUT2D eigenvalue weighted by Gasteiger charge is -2.32. The van der Waals surface area contributed by atoms with E-state index in [0.29, 0.717) is 23.4 Å². The Morgan fingerprint density at radius 3 is 2.29 bits per heavy atom. The third kappa shape index (κ3) is 8.87. The fourth-order valence-corrected chi connectivity index (χ4v) is 5.17. The zero-order chi connectivity index (χ0) is 28.5. The predicted molar refractivity (Wildman–Crippen MR) is 148 cm³/mol. The van der Waals surface area contributed by atoms with Gasteiger partial charge >= 0.3 is 0 Å². The second kappa shape index (κ2) is 14.3. The van der Waals surface area contributed by atoms with Crippen molar-refractivity contribution in [2.45, 2.75) is 65.1 Å². The van der Waals surface area contributed by atoms with E-state index in [1.54, 1.807) is 24.3 Å². The van der Waals surface area contributed by atoms with Crippen LogP contribution in [0.5, 0.6) is 5.75 Å². The number of carbonyl (C=O) groups excluding carboxylic acids is 2. The van der Waals surface area contributed by atoms with Gasteiger partial charge in [-0.3, -0.25) is 13.9 Å². The number of methoxy groups -OCH3 is 1. The third-order valence-electron chi connectivity index (χ3n) is 6.23. The molecule has 0 heterocycles. The highest BCUT2D eigenvalue weighted by molar-refractivity contribution is 7.92. The Morgan fingerprint density at radius 2 is 1.76 bits per heavy atom. The number of rotatable bonds is 14. The highest BCUT2D eigenvalue weighted by Crippen LogP contribution is 2.30. The minimum atomic E-state index is -3.67. The first-order valence-corrected chi connectivity index (χ1v) is 14.8. The number of nitrogens with zero attached hydrogens (tertiary/aromatic N) is 2. The van der Waals surface area contributed by atoms with Crippen LogP contribution in [0.4, 0.5) is 10.1 Å². The maximum atomic E-state index is 13.5. The van der Waals surface area contributed by atoms with Crippen LogP contribution in [-0.2, 0) is 26.2 Å². The predicted octanol–water partition coefficient (Wildman–Crippen LogP) is 4.76. The van der Waals surface area contributed by atoms with E-state index in [1.807, 2.05) is 20.8 Å². The molecule has 2 aromatic carbocycles. The average Bonchev–Trinajstić information content (AvgIpc) is 2.86. The van der Waals surface area contributed by atoms with Crippen molar-refractivity contribution in [2.24, 2.45) is 0 Å². The number of carbonyl (C=O) groups is 2. The van der Waals surface area contributed by atoms with E-state index in [2.05, 4.69) is 5.32 Å². The van der Waals surface area contributed by atoms with Crippen molar-refractivity contribution in [3.05, 3.63) is 58.9 Å². The summed E-state index contributed by atoms with van der Waals surface area (Å²) in [5.74, 6) is -0.547. The van der Waals surface area contributed by atoms with Crippen LogP contribution in [0.3, 0.4) is 0 Å². The lowest BCUT2D eigenvalue weighted by atomic mass is 10.1. The molecule has 0 aliphatic rings. The van der Waals surface area contributed by atoms with Crippen molar-refractivity contribution in [1.82, 2.24) is 10.2 Å². The van der Waals surface area contributed by atoms with Crippen LogP contribution in [0.1, 0.15) is 52.0 Å². The van der Waals surface area contributed by atoms with Gasteiger partial charge < -0.3 is 15.0 Å². The van der Waals surface area contributed by atoms with E-state index < -0.39 is 21.9 Å². The van der Waals surface area contributed by atoms with Crippen LogP contribution in [0.2, 0.25) is 5.02 Å². The first kappa shape index (κ1) is 31.4. The summed E-state index contributed by atoms with van der Waals surface area (Å²) in [7, 11) is -2.20. The Labute approximate surface area is 230 Å². The maximum absolute atomic E-state index is 13.5. The highest BCUT2D eigenvalue weighted by atomic mass is 35.5. The van der Waals surface area contributed by atoms with E-state index in [9.17, 15) is 22.4 Å². The Bertz CT molecular complexity index is 1190. The lowest BCUT2D eigenvalue weighted by Crippen LogP contribution is -2.50. The fraction of sp³-hybridized carbons (Fsp3) is 0.481. The summed E-state index contributed by atoms with van der Waals surface area (Å²) >= 11 is 6.19. The zero-order valence-corrected chi connectivity index (χ0v) is 24.1. The van der Waals surface area contributed by atoms with E-state index >= 15 is 0 Å². The fourth-order valence-electron chi connectivity index (χ4n) is 3.96. The monoisotopic (exact) mass is 569 g/mol. The molecule has 2 aromatic rings. The molecule has 2 rings (SSSR count). The van der Waals surface area contributed by atoms with Crippen LogP contribution in [0, 0.1) is 5.82 Å². The molecule has 0 saturated heterocycles. The molecule has 8 nitrogen and oxygen atoms in total. The molecule has 0 radical (unpaired) electrons. The molecular weight excluding hydrogens is 533 g/mol. The molecule has 38 heavy (non-hydrogen) atoms. The minimum Gasteiger partial charge on any atom is -0.495 e. The average molecular weight is 570 g/mol. The van der Waals surface area contributed by atoms with Gasteiger partial charge in [-0.1, -0.05) is 37.6 Å². The van der Waals surface area contributed by atoms with Gasteiger partial charge in [0, 0.05) is 25.6 Å². The summed E-state index contributed by atoms with van der Waals surface area (Å²) in [4.78, 5) is 28.0. The molecule has 2 unspecified atom stereocenters. The normalized spacial score (nSPS) is 12.9. The molecule has 0 saturated carbocycles. The van der Waals surface area contributed by atoms with Gasteiger partial charge in [0.15, 0.2) is 0 Å². The third-order valence-corrected chi connectivity index (χ3v) is 7.72. The number of anilines is 1. The summed E-state index contributed by atoms with van der Waals surface area (Å²) in [6.07, 6.45) is 2.42. The van der Waals surface area contributed by atoms with Crippen LogP contribution < -0.4 is 14.4 Å². The SMILES string of the molecule is CCC(C)NC(=O)C(CC)N(Cc1ccc(F)cc1)C(=O)CCCN(c1ccc(OC)c(Cl)c1)S(C)(=O)=O. The molecular formula is C27H37ClFN3O5S. The van der Waals surface area contributed by atoms with Gasteiger partial charge in [-0.05, 0) is 62.1 Å². The second-order valence-electron chi connectivity index (χ2n) is 9.15. The summed E-state index contributed by atoms with van der Waals surface area (Å²) < 4.78 is 44.8. The molecule has 0 bridgehead atoms. The van der Waals surface area contributed by atoms with E-state index in [-0.39, 0.29) is 48.8 Å². The molecule has 0 aromatic heterocycles. The molecule has 0 fully saturated rings. The lowest BCUT2D eigenvalue weighted by molar-refractivity contribution is -0.141. The van der Waals surface area contributed by atoms with Gasteiger partial charge in [0.1, 0.15) is 17.6 Å². The molecule has 11 heteroatoms. The highest BCUT2D eigenvalue weighted by Gasteiger charge is 2.29. The molecule has 2 atom stereocenters. The number of hydrogen-bond acceptors (Lipinski definition) is 5. The van der Waals surface area contributed by atoms with Gasteiger partial charge in [0.25, 0.3) is 0 Å². The molecule has 2 amide bonds. The van der Waals surface area contributed by atoms with Gasteiger partial charge in [-0.25, -0.2) is 12.8 Å². The van der Waals surface area contributed by atoms with Crippen LogP contribution in [-0.4, -0.2) is 57.1 Å². The smallest absolute Gasteiger partial charge is 0.243 e. The van der Waals surface area contributed by atoms with E-state index in [4.69, 9.17) is 16.3 Å². The second-order valence-corrected chi connectivity index (χ2v) is 11.5. The number of benzene rings is 2. The van der Waals surface area contributed by atoms with Crippen molar-refractivity contribution < 1.29 is 27.1 Å². The number of hydrogen-bond donors (Lipinski definition) is 1. The van der Waals surface area contributed by atoms with E-state index in [0.717, 1.165) is 12.7 Å². The maximum Gasteiger partial charge on any atom is 0.243 e. The molecule has 0 aliphatic carbocycles. The Balaban J connectivity index is 2.24. The number of nitrogens with one attached hydrogen (secondary N) is 1. The Morgan fingerprint density at radius 1 is 1.11 bits per heavy atom. The summed E-state index contributed by atoms with van der Waals surface area (Å²) in [5.41, 5.74) is 1.04. The topological polar surface area (TPSA) is 96.0 Å². The van der Waals surface area contributed by atoms with Gasteiger partial charge in [-0.2, -0.15) is 0 Å². The quantitative estimate of drug-likeness (QED) is 0.354. The van der Waals surface area contributed by atoms with Crippen LogP contribution >= 0.6 is 11.6 Å². The summed E-state index contributed by atoms with van der Waals surface area (Å²) in [6, 6.07) is 9.64. The van der Waals surface area contributed by atoms with Gasteiger partial charge in [0.05, 0.1) is 24.1 Å². The molecule has 210 valence electrons. The van der Waals surface area contributed by atoms with E-state index in [1.165, 1.54) is 34.5 Å². The van der Waals surface area contributed by atoms with Crippen molar-refractivity contribution >= 4 is 39.1 Å².